The molecule has 0 spiro atoms. The molecule has 1 heterocycles. The second kappa shape index (κ2) is 5.28. The zero-order valence-corrected chi connectivity index (χ0v) is 11.5. The fraction of sp³-hybridized carbons (Fsp3) is 0.125. The summed E-state index contributed by atoms with van der Waals surface area (Å²) in [5.74, 6) is -0.410. The van der Waals surface area contributed by atoms with E-state index in [0.29, 0.717) is 23.2 Å². The molecule has 0 bridgehead atoms. The Kier molecular flexibility index (Phi) is 3.31. The number of hydrogen-bond donors (Lipinski definition) is 1. The summed E-state index contributed by atoms with van der Waals surface area (Å²) in [5, 5.41) is 12.6. The summed E-state index contributed by atoms with van der Waals surface area (Å²) < 4.78 is 6.59. The van der Waals surface area contributed by atoms with E-state index in [2.05, 4.69) is 5.16 Å². The molecule has 5 heteroatoms. The Bertz CT molecular complexity index is 860. The summed E-state index contributed by atoms with van der Waals surface area (Å²) in [4.78, 5) is 11.5. The van der Waals surface area contributed by atoms with Gasteiger partial charge in [-0.1, -0.05) is 41.6 Å². The first-order chi connectivity index (χ1) is 10.2. The molecule has 2 aromatic carbocycles. The number of hydrogen-bond acceptors (Lipinski definition) is 4. The van der Waals surface area contributed by atoms with Crippen LogP contribution in [0.5, 0.6) is 0 Å². The molecule has 3 aromatic rings. The second-order valence-corrected chi connectivity index (χ2v) is 4.82. The van der Waals surface area contributed by atoms with Crippen molar-refractivity contribution in [2.45, 2.75) is 6.42 Å². The van der Waals surface area contributed by atoms with Crippen molar-refractivity contribution in [3.8, 4) is 0 Å². The molecule has 1 N–H and O–H groups in total. The van der Waals surface area contributed by atoms with Gasteiger partial charge in [-0.3, -0.25) is 4.57 Å². The molecule has 0 radical (unpaired) electrons. The van der Waals surface area contributed by atoms with E-state index in [4.69, 9.17) is 4.42 Å². The van der Waals surface area contributed by atoms with Gasteiger partial charge in [0.2, 0.25) is 0 Å². The topological polar surface area (TPSA) is 67.7 Å². The highest BCUT2D eigenvalue weighted by Crippen LogP contribution is 2.16. The van der Waals surface area contributed by atoms with E-state index in [0.717, 1.165) is 11.1 Å². The van der Waals surface area contributed by atoms with E-state index < -0.39 is 5.76 Å². The molecule has 106 valence electrons. The first-order valence-corrected chi connectivity index (χ1v) is 6.54. The van der Waals surface area contributed by atoms with Crippen molar-refractivity contribution in [1.82, 2.24) is 4.57 Å². The van der Waals surface area contributed by atoms with Gasteiger partial charge in [-0.2, -0.15) is 0 Å². The lowest BCUT2D eigenvalue weighted by molar-refractivity contribution is 0.318. The van der Waals surface area contributed by atoms with Gasteiger partial charge in [0, 0.05) is 19.0 Å². The zero-order chi connectivity index (χ0) is 14.8. The quantitative estimate of drug-likeness (QED) is 0.456. The normalized spacial score (nSPS) is 12.0. The van der Waals surface area contributed by atoms with Crippen LogP contribution in [0.4, 0.5) is 0 Å². The molecule has 3 rings (SSSR count). The third-order valence-electron chi connectivity index (χ3n) is 3.46. The molecule has 1 aromatic heterocycles. The molecule has 0 aliphatic rings. The third kappa shape index (κ3) is 2.45. The third-order valence-corrected chi connectivity index (χ3v) is 3.46. The number of benzene rings is 2. The van der Waals surface area contributed by atoms with E-state index in [9.17, 15) is 10.0 Å². The number of oxazole rings is 1. The van der Waals surface area contributed by atoms with Gasteiger partial charge in [-0.25, -0.2) is 4.79 Å². The van der Waals surface area contributed by atoms with Crippen LogP contribution >= 0.6 is 0 Å². The van der Waals surface area contributed by atoms with Crippen LogP contribution in [0.25, 0.3) is 11.1 Å². The van der Waals surface area contributed by atoms with Gasteiger partial charge in [-0.05, 0) is 17.7 Å². The number of oxime groups is 1. The minimum absolute atomic E-state index is 0.410. The lowest BCUT2D eigenvalue weighted by Gasteiger charge is -2.05. The molecule has 0 aliphatic carbocycles. The van der Waals surface area contributed by atoms with Gasteiger partial charge in [-0.15, -0.1) is 0 Å². The number of aromatic nitrogens is 1. The van der Waals surface area contributed by atoms with Crippen LogP contribution in [0, 0.1) is 0 Å². The molecule has 0 amide bonds. The summed E-state index contributed by atoms with van der Waals surface area (Å²) in [5.41, 5.74) is 3.48. The Balaban J connectivity index is 2.00. The van der Waals surface area contributed by atoms with Gasteiger partial charge in [0.1, 0.15) is 0 Å². The van der Waals surface area contributed by atoms with Gasteiger partial charge in [0.25, 0.3) is 0 Å². The Hall–Kier alpha value is -2.82. The summed E-state index contributed by atoms with van der Waals surface area (Å²) >= 11 is 0. The highest BCUT2D eigenvalue weighted by Gasteiger charge is 2.11. The Morgan fingerprint density at radius 2 is 2.00 bits per heavy atom. The van der Waals surface area contributed by atoms with Crippen molar-refractivity contribution in [3.05, 3.63) is 70.2 Å². The van der Waals surface area contributed by atoms with E-state index in [1.807, 2.05) is 36.4 Å². The summed E-state index contributed by atoms with van der Waals surface area (Å²) in [6.07, 6.45) is 0.500. The molecule has 0 aliphatic heterocycles. The fourth-order valence-corrected chi connectivity index (χ4v) is 2.30. The van der Waals surface area contributed by atoms with Gasteiger partial charge in [0.15, 0.2) is 5.58 Å². The SMILES string of the molecule is Cn1c(=O)oc2cc(/C(Cc3ccccc3)=N/O)ccc21. The van der Waals surface area contributed by atoms with Crippen LogP contribution in [-0.4, -0.2) is 15.5 Å². The smallest absolute Gasteiger partial charge is 0.411 e. The second-order valence-electron chi connectivity index (χ2n) is 4.82. The molecule has 21 heavy (non-hydrogen) atoms. The van der Waals surface area contributed by atoms with Crippen molar-refractivity contribution in [3.63, 3.8) is 0 Å². The predicted molar refractivity (Wildman–Crippen MR) is 79.9 cm³/mol. The summed E-state index contributed by atoms with van der Waals surface area (Å²) in [6.45, 7) is 0. The standard InChI is InChI=1S/C16H14N2O3/c1-18-14-8-7-12(10-15(14)21-16(18)19)13(17-20)9-11-5-3-2-4-6-11/h2-8,10,20H,9H2,1H3/b17-13+. The van der Waals surface area contributed by atoms with Gasteiger partial charge >= 0.3 is 5.76 Å². The predicted octanol–water partition coefficient (Wildman–Crippen LogP) is 2.55. The van der Waals surface area contributed by atoms with Crippen molar-refractivity contribution in [1.29, 1.82) is 0 Å². The van der Waals surface area contributed by atoms with Crippen LogP contribution in [0.1, 0.15) is 11.1 Å². The monoisotopic (exact) mass is 282 g/mol. The molecule has 0 unspecified atom stereocenters. The van der Waals surface area contributed by atoms with E-state index >= 15 is 0 Å². The van der Waals surface area contributed by atoms with Gasteiger partial charge in [0.05, 0.1) is 11.2 Å². The lowest BCUT2D eigenvalue weighted by atomic mass is 10.0. The molecular formula is C16H14N2O3. The maximum absolute atomic E-state index is 11.5. The molecule has 5 nitrogen and oxygen atoms in total. The van der Waals surface area contributed by atoms with Crippen LogP contribution in [0.15, 0.2) is 62.9 Å². The molecule has 0 saturated heterocycles. The maximum atomic E-state index is 11.5. The van der Waals surface area contributed by atoms with Crippen molar-refractivity contribution in [2.24, 2.45) is 12.2 Å². The number of aryl methyl sites for hydroxylation is 1. The maximum Gasteiger partial charge on any atom is 0.419 e. The Morgan fingerprint density at radius 1 is 1.24 bits per heavy atom. The average Bonchev–Trinajstić information content (AvgIpc) is 2.80. The van der Waals surface area contributed by atoms with E-state index in [1.165, 1.54) is 4.57 Å². The number of rotatable bonds is 3. The molecule has 0 saturated carbocycles. The lowest BCUT2D eigenvalue weighted by Crippen LogP contribution is -2.08. The number of fused-ring (bicyclic) bond motifs is 1. The zero-order valence-electron chi connectivity index (χ0n) is 11.5. The minimum Gasteiger partial charge on any atom is -0.411 e. The Morgan fingerprint density at radius 3 is 2.71 bits per heavy atom. The van der Waals surface area contributed by atoms with Gasteiger partial charge < -0.3 is 9.62 Å². The van der Waals surface area contributed by atoms with Crippen molar-refractivity contribution >= 4 is 16.8 Å². The first-order valence-electron chi connectivity index (χ1n) is 6.54. The fourth-order valence-electron chi connectivity index (χ4n) is 2.30. The molecule has 0 fully saturated rings. The van der Waals surface area contributed by atoms with Crippen LogP contribution in [-0.2, 0) is 13.5 Å². The van der Waals surface area contributed by atoms with Crippen molar-refractivity contribution < 1.29 is 9.62 Å². The highest BCUT2D eigenvalue weighted by molar-refractivity contribution is 6.03. The van der Waals surface area contributed by atoms with Crippen LogP contribution in [0.2, 0.25) is 0 Å². The van der Waals surface area contributed by atoms with E-state index in [-0.39, 0.29) is 0 Å². The average molecular weight is 282 g/mol. The molecule has 0 atom stereocenters. The largest absolute Gasteiger partial charge is 0.419 e. The highest BCUT2D eigenvalue weighted by atomic mass is 16.4. The molecular weight excluding hydrogens is 268 g/mol. The number of nitrogens with zero attached hydrogens (tertiary/aromatic N) is 2. The van der Waals surface area contributed by atoms with Crippen LogP contribution < -0.4 is 5.76 Å². The summed E-state index contributed by atoms with van der Waals surface area (Å²) in [7, 11) is 1.65. The van der Waals surface area contributed by atoms with E-state index in [1.54, 1.807) is 19.2 Å². The van der Waals surface area contributed by atoms with Crippen LogP contribution in [0.3, 0.4) is 0 Å². The first kappa shape index (κ1) is 13.2. The minimum atomic E-state index is -0.410. The Labute approximate surface area is 120 Å². The van der Waals surface area contributed by atoms with Crippen molar-refractivity contribution in [2.75, 3.05) is 0 Å². The summed E-state index contributed by atoms with van der Waals surface area (Å²) in [6, 6.07) is 15.0.